The summed E-state index contributed by atoms with van der Waals surface area (Å²) >= 11 is 1.51. The zero-order chi connectivity index (χ0) is 17.3. The molecule has 3 rings (SSSR count). The highest BCUT2D eigenvalue weighted by Crippen LogP contribution is 2.14. The van der Waals surface area contributed by atoms with Crippen LogP contribution in [0.15, 0.2) is 21.1 Å². The summed E-state index contributed by atoms with van der Waals surface area (Å²) in [5, 5.41) is 12.2. The second kappa shape index (κ2) is 6.59. The summed E-state index contributed by atoms with van der Waals surface area (Å²) in [5.74, 6) is 0.708. The molecule has 0 aliphatic carbocycles. The molecule has 0 aliphatic rings. The van der Waals surface area contributed by atoms with Gasteiger partial charge in [0.25, 0.3) is 5.56 Å². The fourth-order valence-electron chi connectivity index (χ4n) is 2.48. The maximum Gasteiger partial charge on any atom is 0.332 e. The molecule has 0 N–H and O–H groups in total. The van der Waals surface area contributed by atoms with E-state index >= 15 is 0 Å². The summed E-state index contributed by atoms with van der Waals surface area (Å²) < 4.78 is 6.00. The molecule has 128 valence electrons. The number of aromatic nitrogens is 8. The van der Waals surface area contributed by atoms with Gasteiger partial charge in [0.15, 0.2) is 11.2 Å². The number of aryl methyl sites for hydroxylation is 3. The minimum atomic E-state index is -0.352. The van der Waals surface area contributed by atoms with Gasteiger partial charge in [0, 0.05) is 32.9 Å². The minimum Gasteiger partial charge on any atom is -0.328 e. The molecule has 0 spiro atoms. The van der Waals surface area contributed by atoms with Crippen molar-refractivity contribution in [3.8, 4) is 0 Å². The minimum absolute atomic E-state index is 0.309. The lowest BCUT2D eigenvalue weighted by Crippen LogP contribution is -2.39. The second-order valence-corrected chi connectivity index (χ2v) is 6.37. The molecule has 3 aromatic rings. The number of fused-ring (bicyclic) bond motifs is 1. The second-order valence-electron chi connectivity index (χ2n) is 5.31. The van der Waals surface area contributed by atoms with Crippen LogP contribution in [0.25, 0.3) is 11.2 Å². The maximum absolute atomic E-state index is 12.6. The number of rotatable bonds is 6. The molecule has 0 fully saturated rings. The van der Waals surface area contributed by atoms with Gasteiger partial charge in [-0.25, -0.2) is 14.5 Å². The van der Waals surface area contributed by atoms with Crippen molar-refractivity contribution >= 4 is 22.9 Å². The first-order valence-corrected chi connectivity index (χ1v) is 8.53. The molecule has 0 saturated heterocycles. The zero-order valence-corrected chi connectivity index (χ0v) is 14.5. The standard InChI is InChI=1S/C13H18N8O2S/c1-4-21-12(15-16-17-21)24-7-5-6-20-11(22)9-10(14-8-18(9)2)19(3)13(20)23/h8H,4-7H2,1-3H3. The highest BCUT2D eigenvalue weighted by molar-refractivity contribution is 7.99. The van der Waals surface area contributed by atoms with Crippen LogP contribution < -0.4 is 11.2 Å². The fraction of sp³-hybridized carbons (Fsp3) is 0.538. The lowest BCUT2D eigenvalue weighted by atomic mass is 10.4. The van der Waals surface area contributed by atoms with E-state index in [-0.39, 0.29) is 11.2 Å². The van der Waals surface area contributed by atoms with E-state index in [0.29, 0.717) is 36.4 Å². The number of tetrazole rings is 1. The van der Waals surface area contributed by atoms with Crippen LogP contribution in [0.2, 0.25) is 0 Å². The highest BCUT2D eigenvalue weighted by Gasteiger charge is 2.14. The molecular formula is C13H18N8O2S. The molecule has 0 saturated carbocycles. The van der Waals surface area contributed by atoms with Crippen molar-refractivity contribution in [2.24, 2.45) is 14.1 Å². The van der Waals surface area contributed by atoms with Crippen LogP contribution in [-0.2, 0) is 27.2 Å². The van der Waals surface area contributed by atoms with E-state index in [1.165, 1.54) is 27.2 Å². The number of nitrogens with zero attached hydrogens (tertiary/aromatic N) is 8. The highest BCUT2D eigenvalue weighted by atomic mass is 32.2. The first-order chi connectivity index (χ1) is 11.5. The van der Waals surface area contributed by atoms with Gasteiger partial charge in [-0.15, -0.1) is 5.10 Å². The molecule has 0 radical (unpaired) electrons. The van der Waals surface area contributed by atoms with Crippen LogP contribution in [0.4, 0.5) is 0 Å². The van der Waals surface area contributed by atoms with Crippen molar-refractivity contribution in [3.05, 3.63) is 27.2 Å². The molecule has 11 heteroatoms. The zero-order valence-electron chi connectivity index (χ0n) is 13.7. The predicted molar refractivity (Wildman–Crippen MR) is 89.0 cm³/mol. The monoisotopic (exact) mass is 350 g/mol. The first kappa shape index (κ1) is 16.4. The van der Waals surface area contributed by atoms with Gasteiger partial charge >= 0.3 is 5.69 Å². The van der Waals surface area contributed by atoms with Gasteiger partial charge in [0.1, 0.15) is 0 Å². The number of imidazole rings is 1. The molecule has 0 aliphatic heterocycles. The van der Waals surface area contributed by atoms with Gasteiger partial charge < -0.3 is 4.57 Å². The van der Waals surface area contributed by atoms with Gasteiger partial charge in [-0.3, -0.25) is 13.9 Å². The van der Waals surface area contributed by atoms with Crippen molar-refractivity contribution in [3.63, 3.8) is 0 Å². The van der Waals surface area contributed by atoms with E-state index in [1.807, 2.05) is 6.92 Å². The van der Waals surface area contributed by atoms with Crippen molar-refractivity contribution in [1.29, 1.82) is 0 Å². The smallest absolute Gasteiger partial charge is 0.328 e. The van der Waals surface area contributed by atoms with Gasteiger partial charge in [-0.05, 0) is 23.8 Å². The lowest BCUT2D eigenvalue weighted by Gasteiger charge is -2.08. The van der Waals surface area contributed by atoms with Crippen molar-refractivity contribution in [1.82, 2.24) is 38.9 Å². The van der Waals surface area contributed by atoms with Gasteiger partial charge in [0.2, 0.25) is 5.16 Å². The van der Waals surface area contributed by atoms with Crippen molar-refractivity contribution in [2.45, 2.75) is 31.6 Å². The topological polar surface area (TPSA) is 105 Å². The quantitative estimate of drug-likeness (QED) is 0.441. The molecule has 24 heavy (non-hydrogen) atoms. The molecule has 3 heterocycles. The Hall–Kier alpha value is -2.43. The summed E-state index contributed by atoms with van der Waals surface area (Å²) in [6, 6.07) is 0. The van der Waals surface area contributed by atoms with Crippen LogP contribution in [-0.4, -0.2) is 44.6 Å². The Morgan fingerprint density at radius 3 is 2.79 bits per heavy atom. The average Bonchev–Trinajstić information content (AvgIpc) is 3.18. The Bertz CT molecular complexity index is 982. The average molecular weight is 350 g/mol. The van der Waals surface area contributed by atoms with E-state index in [2.05, 4.69) is 20.5 Å². The molecule has 0 atom stereocenters. The summed E-state index contributed by atoms with van der Waals surface area (Å²) in [5.41, 5.74) is 0.172. The Morgan fingerprint density at radius 1 is 1.25 bits per heavy atom. The van der Waals surface area contributed by atoms with E-state index < -0.39 is 0 Å². The normalized spacial score (nSPS) is 11.5. The van der Waals surface area contributed by atoms with Gasteiger partial charge in [-0.1, -0.05) is 11.8 Å². The lowest BCUT2D eigenvalue weighted by molar-refractivity contribution is 0.578. The molecule has 0 aromatic carbocycles. The van der Waals surface area contributed by atoms with E-state index in [9.17, 15) is 9.59 Å². The van der Waals surface area contributed by atoms with Crippen LogP contribution in [0.3, 0.4) is 0 Å². The summed E-state index contributed by atoms with van der Waals surface area (Å²) in [6.45, 7) is 3.01. The Balaban J connectivity index is 1.77. The maximum atomic E-state index is 12.6. The van der Waals surface area contributed by atoms with E-state index in [4.69, 9.17) is 0 Å². The fourth-order valence-corrected chi connectivity index (χ4v) is 3.34. The molecule has 0 unspecified atom stereocenters. The van der Waals surface area contributed by atoms with E-state index in [0.717, 1.165) is 5.16 Å². The third kappa shape index (κ3) is 2.75. The van der Waals surface area contributed by atoms with Crippen molar-refractivity contribution in [2.75, 3.05) is 5.75 Å². The van der Waals surface area contributed by atoms with E-state index in [1.54, 1.807) is 23.3 Å². The third-order valence-corrected chi connectivity index (χ3v) is 4.80. The predicted octanol–water partition coefficient (Wildman–Crippen LogP) is -0.377. The largest absolute Gasteiger partial charge is 0.332 e. The first-order valence-electron chi connectivity index (χ1n) is 7.54. The molecule has 3 aromatic heterocycles. The summed E-state index contributed by atoms with van der Waals surface area (Å²) in [6.07, 6.45) is 2.19. The van der Waals surface area contributed by atoms with Crippen molar-refractivity contribution < 1.29 is 0 Å². The number of hydrogen-bond acceptors (Lipinski definition) is 7. The summed E-state index contributed by atoms with van der Waals surface area (Å²) in [7, 11) is 3.36. The van der Waals surface area contributed by atoms with Crippen LogP contribution in [0.5, 0.6) is 0 Å². The molecule has 10 nitrogen and oxygen atoms in total. The Labute approximate surface area is 141 Å². The van der Waals surface area contributed by atoms with Crippen LogP contribution in [0, 0.1) is 0 Å². The Morgan fingerprint density at radius 2 is 2.04 bits per heavy atom. The molecule has 0 amide bonds. The summed E-state index contributed by atoms with van der Waals surface area (Å²) in [4.78, 5) is 29.0. The van der Waals surface area contributed by atoms with Gasteiger partial charge in [-0.2, -0.15) is 0 Å². The number of hydrogen-bond donors (Lipinski definition) is 0. The Kier molecular flexibility index (Phi) is 4.51. The SMILES string of the molecule is CCn1nnnc1SCCCn1c(=O)c2c(ncn2C)n(C)c1=O. The van der Waals surface area contributed by atoms with Crippen LogP contribution >= 0.6 is 11.8 Å². The van der Waals surface area contributed by atoms with Crippen LogP contribution in [0.1, 0.15) is 13.3 Å². The molecule has 0 bridgehead atoms. The third-order valence-electron chi connectivity index (χ3n) is 3.76. The number of thioether (sulfide) groups is 1. The molecular weight excluding hydrogens is 332 g/mol. The van der Waals surface area contributed by atoms with Gasteiger partial charge in [0.05, 0.1) is 6.33 Å².